The SMILES string of the molecule is Cc1ccc(COc2ccc(C=NNC(=O)c3sc(N)nc3C)cc2)cc1. The van der Waals surface area contributed by atoms with E-state index in [0.717, 1.165) is 28.2 Å². The van der Waals surface area contributed by atoms with Crippen LogP contribution in [0.5, 0.6) is 5.75 Å². The Labute approximate surface area is 161 Å². The van der Waals surface area contributed by atoms with E-state index in [1.165, 1.54) is 5.56 Å². The minimum absolute atomic E-state index is 0.323. The molecule has 27 heavy (non-hydrogen) atoms. The molecular formula is C20H20N4O2S. The molecule has 0 aliphatic carbocycles. The maximum Gasteiger partial charge on any atom is 0.283 e. The molecule has 0 saturated carbocycles. The standard InChI is InChI=1S/C20H20N4O2S/c1-13-3-5-16(6-4-13)12-26-17-9-7-15(8-10-17)11-22-24-19(25)18-14(2)23-20(21)27-18/h3-11H,12H2,1-2H3,(H2,21,23)(H,24,25). The molecule has 0 bridgehead atoms. The molecule has 1 amide bonds. The molecule has 0 saturated heterocycles. The number of aryl methyl sites for hydroxylation is 2. The van der Waals surface area contributed by atoms with E-state index in [1.807, 2.05) is 24.3 Å². The van der Waals surface area contributed by atoms with Gasteiger partial charge in [0.1, 0.15) is 17.2 Å². The lowest BCUT2D eigenvalue weighted by Crippen LogP contribution is -2.17. The van der Waals surface area contributed by atoms with Crippen molar-refractivity contribution in [2.75, 3.05) is 5.73 Å². The van der Waals surface area contributed by atoms with E-state index in [9.17, 15) is 4.79 Å². The second-order valence-electron chi connectivity index (χ2n) is 6.01. The van der Waals surface area contributed by atoms with Gasteiger partial charge in [0.05, 0.1) is 11.9 Å². The molecular weight excluding hydrogens is 360 g/mol. The zero-order valence-corrected chi connectivity index (χ0v) is 15.9. The smallest absolute Gasteiger partial charge is 0.283 e. The lowest BCUT2D eigenvalue weighted by Gasteiger charge is -2.06. The fourth-order valence-corrected chi connectivity index (χ4v) is 3.07. The summed E-state index contributed by atoms with van der Waals surface area (Å²) >= 11 is 1.14. The average Bonchev–Trinajstić information content (AvgIpc) is 3.00. The van der Waals surface area contributed by atoms with E-state index in [2.05, 4.69) is 46.7 Å². The molecule has 1 aromatic heterocycles. The number of thiazole rings is 1. The molecule has 2 aromatic carbocycles. The van der Waals surface area contributed by atoms with Crippen molar-refractivity contribution in [2.45, 2.75) is 20.5 Å². The lowest BCUT2D eigenvalue weighted by molar-refractivity contribution is 0.0958. The number of carbonyl (C=O) groups is 1. The van der Waals surface area contributed by atoms with Crippen molar-refractivity contribution >= 4 is 28.6 Å². The molecule has 6 nitrogen and oxygen atoms in total. The van der Waals surface area contributed by atoms with Crippen LogP contribution in [-0.4, -0.2) is 17.1 Å². The Morgan fingerprint density at radius 2 is 1.89 bits per heavy atom. The van der Waals surface area contributed by atoms with E-state index in [0.29, 0.717) is 22.3 Å². The third-order valence-electron chi connectivity index (χ3n) is 3.81. The van der Waals surface area contributed by atoms with Crippen LogP contribution in [0.4, 0.5) is 5.13 Å². The number of hydrogen-bond acceptors (Lipinski definition) is 6. The number of carbonyl (C=O) groups excluding carboxylic acids is 1. The second-order valence-corrected chi connectivity index (χ2v) is 7.04. The van der Waals surface area contributed by atoms with Crippen LogP contribution in [0.3, 0.4) is 0 Å². The first-order chi connectivity index (χ1) is 13.0. The number of hydrazone groups is 1. The number of nitrogen functional groups attached to an aromatic ring is 1. The summed E-state index contributed by atoms with van der Waals surface area (Å²) in [6, 6.07) is 15.7. The van der Waals surface area contributed by atoms with Crippen LogP contribution in [0.25, 0.3) is 0 Å². The van der Waals surface area contributed by atoms with Gasteiger partial charge in [-0.25, -0.2) is 10.4 Å². The van der Waals surface area contributed by atoms with E-state index in [1.54, 1.807) is 13.1 Å². The quantitative estimate of drug-likeness (QED) is 0.504. The highest BCUT2D eigenvalue weighted by molar-refractivity contribution is 7.17. The predicted octanol–water partition coefficient (Wildman–Crippen LogP) is 3.69. The van der Waals surface area contributed by atoms with Crippen molar-refractivity contribution in [3.05, 3.63) is 75.8 Å². The fraction of sp³-hybridized carbons (Fsp3) is 0.150. The average molecular weight is 380 g/mol. The Morgan fingerprint density at radius 1 is 1.19 bits per heavy atom. The largest absolute Gasteiger partial charge is 0.489 e. The van der Waals surface area contributed by atoms with Gasteiger partial charge in [-0.15, -0.1) is 0 Å². The van der Waals surface area contributed by atoms with Crippen molar-refractivity contribution in [2.24, 2.45) is 5.10 Å². The Morgan fingerprint density at radius 3 is 2.52 bits per heavy atom. The molecule has 0 spiro atoms. The lowest BCUT2D eigenvalue weighted by atomic mass is 10.2. The summed E-state index contributed by atoms with van der Waals surface area (Å²) in [4.78, 5) is 16.5. The molecule has 3 aromatic rings. The van der Waals surface area contributed by atoms with Gasteiger partial charge in [0.2, 0.25) is 0 Å². The van der Waals surface area contributed by atoms with E-state index >= 15 is 0 Å². The molecule has 1 heterocycles. The number of amides is 1. The summed E-state index contributed by atoms with van der Waals surface area (Å²) in [5.41, 5.74) is 11.9. The number of nitrogens with two attached hydrogens (primary N) is 1. The van der Waals surface area contributed by atoms with Gasteiger partial charge < -0.3 is 10.5 Å². The number of nitrogens with one attached hydrogen (secondary N) is 1. The van der Waals surface area contributed by atoms with Gasteiger partial charge in [-0.2, -0.15) is 5.10 Å². The maximum atomic E-state index is 12.0. The zero-order valence-electron chi connectivity index (χ0n) is 15.1. The number of aromatic nitrogens is 1. The van der Waals surface area contributed by atoms with Gasteiger partial charge in [0.25, 0.3) is 5.91 Å². The molecule has 0 unspecified atom stereocenters. The second kappa shape index (κ2) is 8.46. The molecule has 0 radical (unpaired) electrons. The number of rotatable bonds is 6. The Hall–Kier alpha value is -3.19. The minimum atomic E-state index is -0.323. The monoisotopic (exact) mass is 380 g/mol. The van der Waals surface area contributed by atoms with Crippen molar-refractivity contribution in [1.29, 1.82) is 0 Å². The van der Waals surface area contributed by atoms with Crippen LogP contribution in [0.1, 0.15) is 32.1 Å². The molecule has 0 aliphatic heterocycles. The number of benzene rings is 2. The summed E-state index contributed by atoms with van der Waals surface area (Å²) in [5.74, 6) is 0.448. The molecule has 0 fully saturated rings. The molecule has 0 atom stereocenters. The Kier molecular flexibility index (Phi) is 5.83. The predicted molar refractivity (Wildman–Crippen MR) is 108 cm³/mol. The van der Waals surface area contributed by atoms with Gasteiger partial charge in [0.15, 0.2) is 5.13 Å². The van der Waals surface area contributed by atoms with Gasteiger partial charge in [0, 0.05) is 0 Å². The first kappa shape index (κ1) is 18.6. The minimum Gasteiger partial charge on any atom is -0.489 e. The van der Waals surface area contributed by atoms with Crippen molar-refractivity contribution in [3.8, 4) is 5.75 Å². The molecule has 3 rings (SSSR count). The van der Waals surface area contributed by atoms with E-state index in [4.69, 9.17) is 10.5 Å². The van der Waals surface area contributed by atoms with Crippen LogP contribution >= 0.6 is 11.3 Å². The van der Waals surface area contributed by atoms with E-state index in [-0.39, 0.29) is 5.91 Å². The van der Waals surface area contributed by atoms with Crippen LogP contribution in [0.2, 0.25) is 0 Å². The summed E-state index contributed by atoms with van der Waals surface area (Å²) in [5, 5.41) is 4.34. The first-order valence-corrected chi connectivity index (χ1v) is 9.17. The Bertz CT molecular complexity index is 947. The van der Waals surface area contributed by atoms with Crippen LogP contribution in [0, 0.1) is 13.8 Å². The van der Waals surface area contributed by atoms with Gasteiger partial charge in [-0.05, 0) is 49.2 Å². The van der Waals surface area contributed by atoms with Gasteiger partial charge in [-0.1, -0.05) is 41.2 Å². The number of ether oxygens (including phenoxy) is 1. The summed E-state index contributed by atoms with van der Waals surface area (Å²) in [6.45, 7) is 4.31. The third-order valence-corrected chi connectivity index (χ3v) is 4.79. The zero-order chi connectivity index (χ0) is 19.2. The van der Waals surface area contributed by atoms with Crippen LogP contribution in [0.15, 0.2) is 53.6 Å². The fourth-order valence-electron chi connectivity index (χ4n) is 2.35. The molecule has 7 heteroatoms. The highest BCUT2D eigenvalue weighted by atomic mass is 32.1. The number of anilines is 1. The maximum absolute atomic E-state index is 12.0. The van der Waals surface area contributed by atoms with Gasteiger partial charge in [-0.3, -0.25) is 4.79 Å². The van der Waals surface area contributed by atoms with E-state index < -0.39 is 0 Å². The van der Waals surface area contributed by atoms with Crippen molar-refractivity contribution in [3.63, 3.8) is 0 Å². The number of hydrogen-bond donors (Lipinski definition) is 2. The molecule has 3 N–H and O–H groups in total. The molecule has 138 valence electrons. The summed E-state index contributed by atoms with van der Waals surface area (Å²) < 4.78 is 5.77. The van der Waals surface area contributed by atoms with Crippen LogP contribution in [-0.2, 0) is 6.61 Å². The third kappa shape index (κ3) is 5.15. The van der Waals surface area contributed by atoms with Crippen molar-refractivity contribution < 1.29 is 9.53 Å². The first-order valence-electron chi connectivity index (χ1n) is 8.36. The van der Waals surface area contributed by atoms with Gasteiger partial charge >= 0.3 is 0 Å². The number of nitrogens with zero attached hydrogens (tertiary/aromatic N) is 2. The topological polar surface area (TPSA) is 89.6 Å². The Balaban J connectivity index is 1.52. The normalized spacial score (nSPS) is 10.9. The van der Waals surface area contributed by atoms with Crippen LogP contribution < -0.4 is 15.9 Å². The highest BCUT2D eigenvalue weighted by Crippen LogP contribution is 2.19. The summed E-state index contributed by atoms with van der Waals surface area (Å²) in [6.07, 6.45) is 1.57. The highest BCUT2D eigenvalue weighted by Gasteiger charge is 2.13. The van der Waals surface area contributed by atoms with Crippen molar-refractivity contribution in [1.82, 2.24) is 10.4 Å². The molecule has 0 aliphatic rings. The summed E-state index contributed by atoms with van der Waals surface area (Å²) in [7, 11) is 0.